The molecule has 0 spiro atoms. The van der Waals surface area contributed by atoms with E-state index < -0.39 is 92.8 Å². The lowest BCUT2D eigenvalue weighted by Gasteiger charge is -2.45. The predicted octanol–water partition coefficient (Wildman–Crippen LogP) is 4.98. The number of hydrogen-bond donors (Lipinski definition) is 0. The molecule has 1 saturated heterocycles. The van der Waals surface area contributed by atoms with Crippen LogP contribution in [0, 0.1) is 21.7 Å². The summed E-state index contributed by atoms with van der Waals surface area (Å²) < 4.78 is 43.7. The molecule has 0 N–H and O–H groups in total. The minimum absolute atomic E-state index is 0.362. The van der Waals surface area contributed by atoms with Gasteiger partial charge in [0.15, 0.2) is 23.7 Å². The molecule has 0 amide bonds. The van der Waals surface area contributed by atoms with Crippen molar-refractivity contribution in [2.24, 2.45) is 21.7 Å². The highest BCUT2D eigenvalue weighted by Crippen LogP contribution is 2.36. The maximum atomic E-state index is 14.0. The third-order valence-electron chi connectivity index (χ3n) is 6.34. The Morgan fingerprint density at radius 3 is 1.44 bits per heavy atom. The molecule has 0 aromatic heterocycles. The van der Waals surface area contributed by atoms with Crippen LogP contribution in [0.1, 0.15) is 83.1 Å². The Bertz CT molecular complexity index is 1180. The maximum absolute atomic E-state index is 14.0. The number of carbonyl (C=O) groups excluding carboxylic acids is 4. The van der Waals surface area contributed by atoms with E-state index in [1.54, 1.807) is 113 Å². The molecule has 0 saturated carbocycles. The number of esters is 4. The highest BCUT2D eigenvalue weighted by atomic mass is 32.2. The lowest BCUT2D eigenvalue weighted by Crippen LogP contribution is -2.64. The van der Waals surface area contributed by atoms with Gasteiger partial charge in [-0.15, -0.1) is 0 Å². The lowest BCUT2D eigenvalue weighted by atomic mass is 9.93. The molecule has 1 aromatic rings. The first-order valence-electron chi connectivity index (χ1n) is 14.4. The van der Waals surface area contributed by atoms with Gasteiger partial charge in [0.2, 0.25) is 0 Å². The van der Waals surface area contributed by atoms with Gasteiger partial charge in [-0.25, -0.2) is 0 Å². The Balaban J connectivity index is 2.76. The Hall–Kier alpha value is -2.79. The second-order valence-corrected chi connectivity index (χ2v) is 16.4. The van der Waals surface area contributed by atoms with Crippen molar-refractivity contribution in [1.82, 2.24) is 0 Å². The smallest absolute Gasteiger partial charge is 0.311 e. The van der Waals surface area contributed by atoms with Crippen molar-refractivity contribution in [3.63, 3.8) is 0 Å². The van der Waals surface area contributed by atoms with Crippen LogP contribution < -0.4 is 0 Å². The average molecular weight is 625 g/mol. The van der Waals surface area contributed by atoms with E-state index in [2.05, 4.69) is 0 Å². The largest absolute Gasteiger partial charge is 0.462 e. The van der Waals surface area contributed by atoms with E-state index in [1.807, 2.05) is 0 Å². The van der Waals surface area contributed by atoms with E-state index in [-0.39, 0.29) is 0 Å². The zero-order valence-corrected chi connectivity index (χ0v) is 28.3. The lowest BCUT2D eigenvalue weighted by molar-refractivity contribution is -0.246. The van der Waals surface area contributed by atoms with E-state index in [0.29, 0.717) is 4.90 Å². The molecular weight excluding hydrogens is 576 g/mol. The summed E-state index contributed by atoms with van der Waals surface area (Å²) in [4.78, 5) is 52.9. The Kier molecular flexibility index (Phi) is 11.4. The highest BCUT2D eigenvalue weighted by molar-refractivity contribution is 7.85. The molecule has 1 heterocycles. The SMILES string of the molecule is CC(C)(C)C(=O)OCC1OC([S@@](=O)c2ccccc2)C(OC(=O)C(C)(C)C)C(OC(=O)C(C)(C)C)C1OC(=O)C(C)(C)C. The summed E-state index contributed by atoms with van der Waals surface area (Å²) in [5.41, 5.74) is -5.21. The van der Waals surface area contributed by atoms with Crippen LogP contribution >= 0.6 is 0 Å². The molecule has 6 atom stereocenters. The quantitative estimate of drug-likeness (QED) is 0.302. The zero-order chi connectivity index (χ0) is 33.1. The van der Waals surface area contributed by atoms with Crippen LogP contribution in [0.4, 0.5) is 0 Å². The van der Waals surface area contributed by atoms with Crippen LogP contribution in [0.15, 0.2) is 35.2 Å². The summed E-state index contributed by atoms with van der Waals surface area (Å²) in [5, 5.41) is 0. The molecular formula is C32H48O10S. The van der Waals surface area contributed by atoms with Crippen molar-refractivity contribution >= 4 is 34.7 Å². The van der Waals surface area contributed by atoms with Gasteiger partial charge in [-0.1, -0.05) is 18.2 Å². The van der Waals surface area contributed by atoms with E-state index >= 15 is 0 Å². The molecule has 0 aliphatic carbocycles. The van der Waals surface area contributed by atoms with Gasteiger partial charge in [0.05, 0.1) is 32.5 Å². The summed E-state index contributed by atoms with van der Waals surface area (Å²) >= 11 is 0. The third-order valence-corrected chi connectivity index (χ3v) is 7.87. The van der Waals surface area contributed by atoms with Crippen LogP contribution in [-0.2, 0) is 53.7 Å². The topological polar surface area (TPSA) is 132 Å². The number of carbonyl (C=O) groups is 4. The summed E-state index contributed by atoms with van der Waals surface area (Å²) in [6.45, 7) is 19.4. The first-order valence-corrected chi connectivity index (χ1v) is 15.6. The summed E-state index contributed by atoms with van der Waals surface area (Å²) in [5.74, 6) is -2.56. The molecule has 11 heteroatoms. The van der Waals surface area contributed by atoms with E-state index in [0.717, 1.165) is 0 Å². The van der Waals surface area contributed by atoms with Gasteiger partial charge in [-0.3, -0.25) is 23.4 Å². The number of ether oxygens (including phenoxy) is 5. The second kappa shape index (κ2) is 13.5. The standard InChI is InChI=1S/C32H48O10S/c1-29(2,3)25(33)38-18-20-21(40-26(34)30(4,5)6)22(41-27(35)31(7,8)9)23(42-28(36)32(10,11)12)24(39-20)43(37)19-16-14-13-15-17-19/h13-17,20-24H,18H2,1-12H3/t20?,21?,22?,23?,24?,43-/m0/s1. The van der Waals surface area contributed by atoms with Crippen molar-refractivity contribution in [1.29, 1.82) is 0 Å². The molecule has 1 aliphatic rings. The minimum atomic E-state index is -1.97. The van der Waals surface area contributed by atoms with Crippen LogP contribution in [0.25, 0.3) is 0 Å². The fraction of sp³-hybridized carbons (Fsp3) is 0.688. The number of rotatable bonds is 7. The average Bonchev–Trinajstić information content (AvgIpc) is 2.87. The normalized spacial score (nSPS) is 24.0. The zero-order valence-electron chi connectivity index (χ0n) is 27.5. The predicted molar refractivity (Wildman–Crippen MR) is 160 cm³/mol. The second-order valence-electron chi connectivity index (χ2n) is 14.9. The minimum Gasteiger partial charge on any atom is -0.462 e. The van der Waals surface area contributed by atoms with E-state index in [9.17, 15) is 23.4 Å². The first-order chi connectivity index (χ1) is 19.4. The summed E-state index contributed by atoms with van der Waals surface area (Å²) in [7, 11) is -1.97. The number of benzene rings is 1. The maximum Gasteiger partial charge on any atom is 0.311 e. The molecule has 242 valence electrons. The Labute approximate surface area is 258 Å². The third kappa shape index (κ3) is 9.86. The molecule has 5 unspecified atom stereocenters. The fourth-order valence-corrected chi connectivity index (χ4v) is 4.94. The Morgan fingerprint density at radius 2 is 1.02 bits per heavy atom. The van der Waals surface area contributed by atoms with E-state index in [1.165, 1.54) is 0 Å². The van der Waals surface area contributed by atoms with Gasteiger partial charge in [-0.2, -0.15) is 0 Å². The molecule has 1 aliphatic heterocycles. The molecule has 43 heavy (non-hydrogen) atoms. The molecule has 1 fully saturated rings. The first kappa shape index (κ1) is 36.4. The van der Waals surface area contributed by atoms with Gasteiger partial charge < -0.3 is 23.7 Å². The van der Waals surface area contributed by atoms with Crippen molar-refractivity contribution in [2.45, 2.75) is 118 Å². The highest BCUT2D eigenvalue weighted by Gasteiger charge is 2.56. The van der Waals surface area contributed by atoms with Gasteiger partial charge in [-0.05, 0) is 95.2 Å². The summed E-state index contributed by atoms with van der Waals surface area (Å²) in [6.07, 6.45) is -5.51. The van der Waals surface area contributed by atoms with Crippen molar-refractivity contribution in [3.05, 3.63) is 30.3 Å². The van der Waals surface area contributed by atoms with Crippen molar-refractivity contribution < 1.29 is 47.1 Å². The van der Waals surface area contributed by atoms with Crippen LogP contribution in [0.3, 0.4) is 0 Å². The van der Waals surface area contributed by atoms with Crippen LogP contribution in [-0.4, -0.2) is 64.5 Å². The molecule has 0 radical (unpaired) electrons. The van der Waals surface area contributed by atoms with E-state index in [4.69, 9.17) is 23.7 Å². The fourth-order valence-electron chi connectivity index (χ4n) is 3.55. The summed E-state index contributed by atoms with van der Waals surface area (Å²) in [6, 6.07) is 8.39. The van der Waals surface area contributed by atoms with Crippen molar-refractivity contribution in [3.8, 4) is 0 Å². The van der Waals surface area contributed by atoms with Gasteiger partial charge in [0.25, 0.3) is 0 Å². The van der Waals surface area contributed by atoms with Crippen LogP contribution in [0.2, 0.25) is 0 Å². The molecule has 10 nitrogen and oxygen atoms in total. The van der Waals surface area contributed by atoms with Gasteiger partial charge >= 0.3 is 23.9 Å². The number of hydrogen-bond acceptors (Lipinski definition) is 10. The van der Waals surface area contributed by atoms with Crippen LogP contribution in [0.5, 0.6) is 0 Å². The van der Waals surface area contributed by atoms with Crippen molar-refractivity contribution in [2.75, 3.05) is 6.61 Å². The Morgan fingerprint density at radius 1 is 0.628 bits per heavy atom. The molecule has 0 bridgehead atoms. The molecule has 2 rings (SSSR count). The molecule has 1 aromatic carbocycles. The van der Waals surface area contributed by atoms with Gasteiger partial charge in [0, 0.05) is 4.90 Å². The van der Waals surface area contributed by atoms with Gasteiger partial charge in [0.1, 0.15) is 12.7 Å². The monoisotopic (exact) mass is 624 g/mol.